The van der Waals surface area contributed by atoms with E-state index in [1.54, 1.807) is 0 Å². The van der Waals surface area contributed by atoms with Crippen molar-refractivity contribution >= 4 is 5.78 Å². The van der Waals surface area contributed by atoms with Gasteiger partial charge in [0.05, 0.1) is 0 Å². The van der Waals surface area contributed by atoms with Crippen LogP contribution in [0.3, 0.4) is 0 Å². The molecule has 0 bridgehead atoms. The highest BCUT2D eigenvalue weighted by atomic mass is 16.1. The summed E-state index contributed by atoms with van der Waals surface area (Å²) in [4.78, 5) is 11.2. The van der Waals surface area contributed by atoms with Crippen LogP contribution in [-0.4, -0.2) is 5.78 Å². The number of hydrogen-bond acceptors (Lipinski definition) is 1. The number of hydrogen-bond donors (Lipinski definition) is 0. The number of carbonyl (C=O) groups excluding carboxylic acids is 1. The molecule has 0 aliphatic heterocycles. The Balaban J connectivity index is 2.73. The molecule has 0 amide bonds. The van der Waals surface area contributed by atoms with Gasteiger partial charge in [-0.25, -0.2) is 0 Å². The topological polar surface area (TPSA) is 17.1 Å². The van der Waals surface area contributed by atoms with E-state index < -0.39 is 0 Å². The molecule has 1 heteroatoms. The normalized spacial score (nSPS) is 17.3. The first-order valence-corrected chi connectivity index (χ1v) is 4.14. The van der Waals surface area contributed by atoms with Gasteiger partial charge in [0.25, 0.3) is 0 Å². The zero-order valence-electron chi connectivity index (χ0n) is 7.18. The summed E-state index contributed by atoms with van der Waals surface area (Å²) in [6.45, 7) is 3.98. The van der Waals surface area contributed by atoms with E-state index in [-0.39, 0.29) is 5.78 Å². The van der Waals surface area contributed by atoms with Crippen LogP contribution < -0.4 is 0 Å². The molecule has 0 aromatic carbocycles. The zero-order valence-corrected chi connectivity index (χ0v) is 7.18. The van der Waals surface area contributed by atoms with E-state index in [1.165, 1.54) is 5.57 Å². The van der Waals surface area contributed by atoms with Gasteiger partial charge in [-0.1, -0.05) is 24.6 Å². The third kappa shape index (κ3) is 2.04. The summed E-state index contributed by atoms with van der Waals surface area (Å²) in [7, 11) is 0. The van der Waals surface area contributed by atoms with Gasteiger partial charge in [-0.05, 0) is 19.8 Å². The van der Waals surface area contributed by atoms with Crippen LogP contribution in [0.5, 0.6) is 0 Å². The molecule has 60 valence electrons. The van der Waals surface area contributed by atoms with Crippen LogP contribution in [0.2, 0.25) is 0 Å². The quantitative estimate of drug-likeness (QED) is 0.591. The number of Topliss-reactive ketones (excluding diaryl/α,β-unsaturated/α-hetero) is 1. The summed E-state index contributed by atoms with van der Waals surface area (Å²) < 4.78 is 0. The van der Waals surface area contributed by atoms with Crippen LogP contribution >= 0.6 is 0 Å². The van der Waals surface area contributed by atoms with Crippen molar-refractivity contribution in [3.8, 4) is 0 Å². The van der Waals surface area contributed by atoms with E-state index in [0.717, 1.165) is 18.4 Å². The maximum absolute atomic E-state index is 11.2. The molecule has 1 aliphatic rings. The predicted molar refractivity (Wildman–Crippen MR) is 46.4 cm³/mol. The Kier molecular flexibility index (Phi) is 2.64. The van der Waals surface area contributed by atoms with Crippen molar-refractivity contribution in [1.82, 2.24) is 0 Å². The van der Waals surface area contributed by atoms with Crippen molar-refractivity contribution in [2.45, 2.75) is 33.1 Å². The first-order chi connectivity index (χ1) is 5.24. The molecule has 0 spiro atoms. The van der Waals surface area contributed by atoms with Crippen LogP contribution in [0.15, 0.2) is 23.3 Å². The Morgan fingerprint density at radius 1 is 1.64 bits per heavy atom. The Hall–Kier alpha value is -0.850. The standard InChI is InChI=1S/C10H14O/c1-3-10(11)9-6-4-5-8(2)7-9/h6-7H,3-5H2,1-2H3. The minimum atomic E-state index is 0.268. The van der Waals surface area contributed by atoms with Crippen molar-refractivity contribution in [2.24, 2.45) is 0 Å². The molecule has 0 saturated heterocycles. The van der Waals surface area contributed by atoms with Crippen molar-refractivity contribution in [3.05, 3.63) is 23.3 Å². The van der Waals surface area contributed by atoms with E-state index in [4.69, 9.17) is 0 Å². The van der Waals surface area contributed by atoms with Gasteiger partial charge < -0.3 is 0 Å². The third-order valence-electron chi connectivity index (χ3n) is 1.95. The molecule has 0 radical (unpaired) electrons. The minimum Gasteiger partial charge on any atom is -0.294 e. The van der Waals surface area contributed by atoms with Gasteiger partial charge in [-0.3, -0.25) is 4.79 Å². The van der Waals surface area contributed by atoms with Crippen LogP contribution in [0.1, 0.15) is 33.1 Å². The van der Waals surface area contributed by atoms with Crippen molar-refractivity contribution < 1.29 is 4.79 Å². The second kappa shape index (κ2) is 3.51. The van der Waals surface area contributed by atoms with Crippen molar-refractivity contribution in [1.29, 1.82) is 0 Å². The van der Waals surface area contributed by atoms with Gasteiger partial charge in [0.2, 0.25) is 0 Å². The fourth-order valence-electron chi connectivity index (χ4n) is 1.25. The molecule has 0 unspecified atom stereocenters. The summed E-state index contributed by atoms with van der Waals surface area (Å²) >= 11 is 0. The summed E-state index contributed by atoms with van der Waals surface area (Å²) in [6, 6.07) is 0. The van der Waals surface area contributed by atoms with Crippen LogP contribution in [0, 0.1) is 0 Å². The average Bonchev–Trinajstić information content (AvgIpc) is 2.03. The minimum absolute atomic E-state index is 0.268. The van der Waals surface area contributed by atoms with Gasteiger partial charge in [-0.2, -0.15) is 0 Å². The van der Waals surface area contributed by atoms with Gasteiger partial charge >= 0.3 is 0 Å². The van der Waals surface area contributed by atoms with E-state index in [2.05, 4.69) is 6.92 Å². The zero-order chi connectivity index (χ0) is 8.27. The largest absolute Gasteiger partial charge is 0.294 e. The van der Waals surface area contributed by atoms with Gasteiger partial charge in [0, 0.05) is 12.0 Å². The molecule has 0 N–H and O–H groups in total. The molecule has 0 aromatic heterocycles. The van der Waals surface area contributed by atoms with E-state index in [9.17, 15) is 4.79 Å². The Morgan fingerprint density at radius 2 is 2.36 bits per heavy atom. The molecule has 0 aromatic rings. The Morgan fingerprint density at radius 3 is 2.91 bits per heavy atom. The maximum Gasteiger partial charge on any atom is 0.162 e. The molecule has 0 atom stereocenters. The molecule has 0 heterocycles. The van der Waals surface area contributed by atoms with Gasteiger partial charge in [0.15, 0.2) is 5.78 Å². The number of allylic oxidation sites excluding steroid dienone is 4. The summed E-state index contributed by atoms with van der Waals surface area (Å²) in [6.07, 6.45) is 6.81. The SMILES string of the molecule is CCC(=O)C1=CCCC(C)=C1. The van der Waals surface area contributed by atoms with E-state index >= 15 is 0 Å². The molecule has 0 fully saturated rings. The monoisotopic (exact) mass is 150 g/mol. The number of rotatable bonds is 2. The lowest BCUT2D eigenvalue weighted by molar-refractivity contribution is -0.115. The van der Waals surface area contributed by atoms with E-state index in [0.29, 0.717) is 6.42 Å². The van der Waals surface area contributed by atoms with Crippen LogP contribution in [0.25, 0.3) is 0 Å². The molecule has 0 saturated carbocycles. The Labute approximate surface area is 67.8 Å². The lowest BCUT2D eigenvalue weighted by atomic mass is 9.97. The molecule has 11 heavy (non-hydrogen) atoms. The smallest absolute Gasteiger partial charge is 0.162 e. The molecular weight excluding hydrogens is 136 g/mol. The van der Waals surface area contributed by atoms with Crippen LogP contribution in [0.4, 0.5) is 0 Å². The summed E-state index contributed by atoms with van der Waals surface area (Å²) in [5, 5.41) is 0. The predicted octanol–water partition coefficient (Wildman–Crippen LogP) is 2.63. The van der Waals surface area contributed by atoms with Gasteiger partial charge in [-0.15, -0.1) is 0 Å². The van der Waals surface area contributed by atoms with Gasteiger partial charge in [0.1, 0.15) is 0 Å². The second-order valence-corrected chi connectivity index (χ2v) is 2.97. The highest BCUT2D eigenvalue weighted by molar-refractivity contribution is 5.98. The maximum atomic E-state index is 11.2. The molecule has 1 aliphatic carbocycles. The Bertz CT molecular complexity index is 221. The third-order valence-corrected chi connectivity index (χ3v) is 1.95. The number of ketones is 1. The van der Waals surface area contributed by atoms with Crippen LogP contribution in [-0.2, 0) is 4.79 Å². The first kappa shape index (κ1) is 8.25. The first-order valence-electron chi connectivity index (χ1n) is 4.14. The molecular formula is C10H14O. The summed E-state index contributed by atoms with van der Waals surface area (Å²) in [5.41, 5.74) is 2.24. The summed E-state index contributed by atoms with van der Waals surface area (Å²) in [5.74, 6) is 0.268. The highest BCUT2D eigenvalue weighted by Gasteiger charge is 2.07. The lowest BCUT2D eigenvalue weighted by Gasteiger charge is -2.08. The lowest BCUT2D eigenvalue weighted by Crippen LogP contribution is -2.01. The number of carbonyl (C=O) groups is 1. The van der Waals surface area contributed by atoms with E-state index in [1.807, 2.05) is 19.1 Å². The second-order valence-electron chi connectivity index (χ2n) is 2.97. The fraction of sp³-hybridized carbons (Fsp3) is 0.500. The molecule has 1 nitrogen and oxygen atoms in total. The average molecular weight is 150 g/mol. The van der Waals surface area contributed by atoms with Crippen molar-refractivity contribution in [3.63, 3.8) is 0 Å². The van der Waals surface area contributed by atoms with Crippen molar-refractivity contribution in [2.75, 3.05) is 0 Å². The molecule has 1 rings (SSSR count). The fourth-order valence-corrected chi connectivity index (χ4v) is 1.25. The highest BCUT2D eigenvalue weighted by Crippen LogP contribution is 2.17.